The molecule has 4 nitrogen and oxygen atoms in total. The molecule has 0 saturated carbocycles. The number of hydrogen-bond acceptors (Lipinski definition) is 2. The Morgan fingerprint density at radius 2 is 1.56 bits per heavy atom. The molecule has 0 N–H and O–H groups in total. The third-order valence-corrected chi connectivity index (χ3v) is 6.77. The van der Waals surface area contributed by atoms with Crippen LogP contribution >= 0.6 is 0 Å². The smallest absolute Gasteiger partial charge is 0.378 e. The number of fused-ring (bicyclic) bond motifs is 1. The minimum atomic E-state index is -4.41. The van der Waals surface area contributed by atoms with E-state index in [2.05, 4.69) is 16.7 Å². The first-order valence-electron chi connectivity index (χ1n) is 12.0. The number of nitrogens with zero attached hydrogens (tertiary/aromatic N) is 2. The van der Waals surface area contributed by atoms with Gasteiger partial charge in [0.2, 0.25) is 5.91 Å². The van der Waals surface area contributed by atoms with Crippen LogP contribution in [0.1, 0.15) is 34.6 Å². The first-order chi connectivity index (χ1) is 17.4. The van der Waals surface area contributed by atoms with Crippen molar-refractivity contribution in [2.24, 2.45) is 0 Å². The quantitative estimate of drug-likeness (QED) is 0.327. The lowest BCUT2D eigenvalue weighted by Gasteiger charge is -2.29. The van der Waals surface area contributed by atoms with Gasteiger partial charge in [0, 0.05) is 49.1 Å². The van der Waals surface area contributed by atoms with Crippen LogP contribution in [0.15, 0.2) is 85.1 Å². The molecule has 1 aliphatic heterocycles. The Bertz CT molecular complexity index is 1320. The maximum Gasteiger partial charge on any atom is 0.416 e. The van der Waals surface area contributed by atoms with Gasteiger partial charge in [-0.2, -0.15) is 13.2 Å². The van der Waals surface area contributed by atoms with E-state index in [1.54, 1.807) is 4.90 Å². The Labute approximate surface area is 207 Å². The van der Waals surface area contributed by atoms with Crippen molar-refractivity contribution in [2.45, 2.75) is 25.1 Å². The zero-order chi connectivity index (χ0) is 25.1. The van der Waals surface area contributed by atoms with Crippen LogP contribution in [0, 0.1) is 0 Å². The van der Waals surface area contributed by atoms with Gasteiger partial charge in [0.05, 0.1) is 18.8 Å². The van der Waals surface area contributed by atoms with Crippen LogP contribution in [0.5, 0.6) is 0 Å². The van der Waals surface area contributed by atoms with E-state index in [0.717, 1.165) is 34.2 Å². The van der Waals surface area contributed by atoms with Gasteiger partial charge >= 0.3 is 6.18 Å². The lowest BCUT2D eigenvalue weighted by Crippen LogP contribution is -2.41. The number of amides is 1. The number of carbonyl (C=O) groups excluding carboxylic acids is 1. The number of para-hydroxylation sites is 1. The fourth-order valence-electron chi connectivity index (χ4n) is 4.89. The van der Waals surface area contributed by atoms with Crippen LogP contribution in [0.25, 0.3) is 10.9 Å². The van der Waals surface area contributed by atoms with Gasteiger partial charge < -0.3 is 14.2 Å². The Morgan fingerprint density at radius 3 is 2.25 bits per heavy atom. The number of halogens is 3. The van der Waals surface area contributed by atoms with Crippen LogP contribution in [0.3, 0.4) is 0 Å². The summed E-state index contributed by atoms with van der Waals surface area (Å²) < 4.78 is 47.2. The molecule has 2 heterocycles. The first kappa shape index (κ1) is 24.1. The Morgan fingerprint density at radius 1 is 0.889 bits per heavy atom. The molecule has 0 spiro atoms. The van der Waals surface area contributed by atoms with Crippen LogP contribution < -0.4 is 0 Å². The van der Waals surface area contributed by atoms with E-state index in [4.69, 9.17) is 4.74 Å². The number of hydrogen-bond donors (Lipinski definition) is 0. The van der Waals surface area contributed by atoms with Crippen molar-refractivity contribution in [1.29, 1.82) is 0 Å². The van der Waals surface area contributed by atoms with Gasteiger partial charge in [-0.1, -0.05) is 60.7 Å². The lowest BCUT2D eigenvalue weighted by atomic mass is 9.87. The average molecular weight is 493 g/mol. The fraction of sp³-hybridized carbons (Fsp3) is 0.276. The summed E-state index contributed by atoms with van der Waals surface area (Å²) in [6.07, 6.45) is -2.19. The standard InChI is InChI=1S/C29H27F3N2O2/c30-29(31,32)23-12-10-22(11-13-23)25(18-28(35)33-14-16-36-17-15-33)26-20-34(19-21-6-2-1-3-7-21)27-9-5-4-8-24(26)27/h1-13,20,25H,14-19H2. The zero-order valence-electron chi connectivity index (χ0n) is 19.7. The van der Waals surface area contributed by atoms with E-state index in [1.165, 1.54) is 12.1 Å². The van der Waals surface area contributed by atoms with Crippen molar-refractivity contribution < 1.29 is 22.7 Å². The molecular weight excluding hydrogens is 465 g/mol. The monoisotopic (exact) mass is 492 g/mol. The Hall–Kier alpha value is -3.58. The highest BCUT2D eigenvalue weighted by atomic mass is 19.4. The SMILES string of the molecule is O=C(CC(c1ccc(C(F)(F)F)cc1)c1cn(Cc2ccccc2)c2ccccc12)N1CCOCC1. The first-order valence-corrected chi connectivity index (χ1v) is 12.0. The molecule has 0 bridgehead atoms. The normalized spacial score (nSPS) is 15.2. The summed E-state index contributed by atoms with van der Waals surface area (Å²) >= 11 is 0. The number of carbonyl (C=O) groups is 1. The second kappa shape index (κ2) is 10.2. The molecule has 1 fully saturated rings. The largest absolute Gasteiger partial charge is 0.416 e. The van der Waals surface area contributed by atoms with Gasteiger partial charge in [-0.15, -0.1) is 0 Å². The molecule has 7 heteroatoms. The number of aromatic nitrogens is 1. The number of morpholine rings is 1. The molecule has 1 aromatic heterocycles. The minimum absolute atomic E-state index is 0.0249. The molecule has 4 aromatic rings. The van der Waals surface area contributed by atoms with Crippen molar-refractivity contribution in [3.63, 3.8) is 0 Å². The fourth-order valence-corrected chi connectivity index (χ4v) is 4.89. The number of benzene rings is 3. The topological polar surface area (TPSA) is 34.5 Å². The van der Waals surface area contributed by atoms with E-state index < -0.39 is 11.7 Å². The highest BCUT2D eigenvalue weighted by Gasteiger charge is 2.31. The van der Waals surface area contributed by atoms with Gasteiger partial charge in [-0.05, 0) is 34.9 Å². The zero-order valence-corrected chi connectivity index (χ0v) is 19.7. The summed E-state index contributed by atoms with van der Waals surface area (Å²) in [6.45, 7) is 2.68. The van der Waals surface area contributed by atoms with E-state index in [-0.39, 0.29) is 18.2 Å². The number of rotatable bonds is 6. The van der Waals surface area contributed by atoms with Crippen molar-refractivity contribution in [3.05, 3.63) is 107 Å². The molecule has 0 radical (unpaired) electrons. The third-order valence-electron chi connectivity index (χ3n) is 6.77. The maximum atomic E-state index is 13.3. The van der Waals surface area contributed by atoms with Crippen LogP contribution in [-0.2, 0) is 22.3 Å². The molecule has 1 saturated heterocycles. The highest BCUT2D eigenvalue weighted by Crippen LogP contribution is 2.37. The van der Waals surface area contributed by atoms with Crippen molar-refractivity contribution in [2.75, 3.05) is 26.3 Å². The molecule has 186 valence electrons. The molecule has 36 heavy (non-hydrogen) atoms. The molecule has 1 amide bonds. The summed E-state index contributed by atoms with van der Waals surface area (Å²) in [4.78, 5) is 15.1. The van der Waals surface area contributed by atoms with Gasteiger partial charge in [-0.3, -0.25) is 4.79 Å². The van der Waals surface area contributed by atoms with E-state index in [1.807, 2.05) is 48.7 Å². The van der Waals surface area contributed by atoms with Crippen molar-refractivity contribution in [3.8, 4) is 0 Å². The minimum Gasteiger partial charge on any atom is -0.378 e. The maximum absolute atomic E-state index is 13.3. The second-order valence-corrected chi connectivity index (χ2v) is 9.08. The lowest BCUT2D eigenvalue weighted by molar-refractivity contribution is -0.138. The highest BCUT2D eigenvalue weighted by molar-refractivity contribution is 5.87. The number of ether oxygens (including phenoxy) is 1. The second-order valence-electron chi connectivity index (χ2n) is 9.08. The molecule has 3 aromatic carbocycles. The van der Waals surface area contributed by atoms with E-state index in [0.29, 0.717) is 38.4 Å². The van der Waals surface area contributed by atoms with Gasteiger partial charge in [0.15, 0.2) is 0 Å². The molecular formula is C29H27F3N2O2. The molecule has 0 aliphatic carbocycles. The molecule has 1 aliphatic rings. The molecule has 5 rings (SSSR count). The Kier molecular flexibility index (Phi) is 6.83. The summed E-state index contributed by atoms with van der Waals surface area (Å²) in [7, 11) is 0. The summed E-state index contributed by atoms with van der Waals surface area (Å²) in [5.74, 6) is -0.410. The van der Waals surface area contributed by atoms with E-state index in [9.17, 15) is 18.0 Å². The average Bonchev–Trinajstić information content (AvgIpc) is 3.26. The van der Waals surface area contributed by atoms with Gasteiger partial charge in [-0.25, -0.2) is 0 Å². The van der Waals surface area contributed by atoms with Crippen molar-refractivity contribution >= 4 is 16.8 Å². The molecule has 1 unspecified atom stereocenters. The van der Waals surface area contributed by atoms with Crippen LogP contribution in [-0.4, -0.2) is 41.7 Å². The summed E-state index contributed by atoms with van der Waals surface area (Å²) in [5.41, 5.74) is 3.08. The summed E-state index contributed by atoms with van der Waals surface area (Å²) in [5, 5.41) is 0.994. The van der Waals surface area contributed by atoms with Gasteiger partial charge in [0.25, 0.3) is 0 Å². The van der Waals surface area contributed by atoms with E-state index >= 15 is 0 Å². The number of alkyl halides is 3. The van der Waals surface area contributed by atoms with Crippen LogP contribution in [0.4, 0.5) is 13.2 Å². The summed E-state index contributed by atoms with van der Waals surface area (Å²) in [6, 6.07) is 23.3. The molecule has 1 atom stereocenters. The third kappa shape index (κ3) is 5.16. The van der Waals surface area contributed by atoms with Crippen molar-refractivity contribution in [1.82, 2.24) is 9.47 Å². The predicted octanol–water partition coefficient (Wildman–Crippen LogP) is 6.09. The Balaban J connectivity index is 1.56. The predicted molar refractivity (Wildman–Crippen MR) is 133 cm³/mol. The van der Waals surface area contributed by atoms with Crippen LogP contribution in [0.2, 0.25) is 0 Å². The van der Waals surface area contributed by atoms with Gasteiger partial charge in [0.1, 0.15) is 0 Å².